The number of amides is 4. The number of likely N-dealkylation sites (N-methyl/N-ethyl adjacent to an activating group) is 1. The highest BCUT2D eigenvalue weighted by Gasteiger charge is 2.43. The van der Waals surface area contributed by atoms with Gasteiger partial charge in [-0.3, -0.25) is 34.1 Å². The van der Waals surface area contributed by atoms with E-state index in [-0.39, 0.29) is 47.6 Å². The van der Waals surface area contributed by atoms with Crippen molar-refractivity contribution in [2.45, 2.75) is 43.8 Å². The Bertz CT molecular complexity index is 1990. The molecule has 2 atom stereocenters. The smallest absolute Gasteiger partial charge is 0.409 e. The van der Waals surface area contributed by atoms with Gasteiger partial charge in [0.1, 0.15) is 30.5 Å². The maximum absolute atomic E-state index is 13.4. The third kappa shape index (κ3) is 8.41. The number of phenolic OH excluding ortho intramolecular Hbond substituents is 1. The van der Waals surface area contributed by atoms with Crippen molar-refractivity contribution < 1.29 is 33.8 Å². The van der Waals surface area contributed by atoms with E-state index in [1.807, 2.05) is 4.90 Å². The zero-order chi connectivity index (χ0) is 40.9. The highest BCUT2D eigenvalue weighted by atomic mass is 16.6. The molecule has 0 spiro atoms. The Morgan fingerprint density at radius 3 is 2.47 bits per heavy atom. The van der Waals surface area contributed by atoms with Crippen LogP contribution in [0, 0.1) is 5.41 Å². The van der Waals surface area contributed by atoms with E-state index in [1.54, 1.807) is 53.4 Å². The Morgan fingerprint density at radius 1 is 1.00 bits per heavy atom. The molecular weight excluding hydrogens is 745 g/mol. The monoisotopic (exact) mass is 796 g/mol. The second-order valence-corrected chi connectivity index (χ2v) is 15.3. The van der Waals surface area contributed by atoms with Crippen molar-refractivity contribution in [3.8, 4) is 5.75 Å². The number of ether oxygens (including phenoxy) is 1. The maximum Gasteiger partial charge on any atom is 0.409 e. The summed E-state index contributed by atoms with van der Waals surface area (Å²) in [5.74, 6) is -1.15. The quantitative estimate of drug-likeness (QED) is 0.135. The molecule has 2 unspecified atom stereocenters. The molecule has 17 nitrogen and oxygen atoms in total. The first-order valence-electron chi connectivity index (χ1n) is 20.0. The Hall–Kier alpha value is -5.81. The Kier molecular flexibility index (Phi) is 12.4. The first-order valence-corrected chi connectivity index (χ1v) is 20.0. The van der Waals surface area contributed by atoms with Crippen LogP contribution in [0.3, 0.4) is 0 Å². The lowest BCUT2D eigenvalue weighted by Crippen LogP contribution is -2.60. The number of aldehydes is 1. The van der Waals surface area contributed by atoms with Crippen molar-refractivity contribution in [2.75, 3.05) is 90.5 Å². The van der Waals surface area contributed by atoms with Gasteiger partial charge >= 0.3 is 6.09 Å². The number of hydrogen-bond donors (Lipinski definition) is 4. The van der Waals surface area contributed by atoms with E-state index < -0.39 is 23.8 Å². The number of rotatable bonds is 12. The summed E-state index contributed by atoms with van der Waals surface area (Å²) in [6.45, 7) is 7.82. The lowest BCUT2D eigenvalue weighted by atomic mass is 9.99. The molecule has 308 valence electrons. The van der Waals surface area contributed by atoms with E-state index >= 15 is 0 Å². The number of benzene rings is 2. The van der Waals surface area contributed by atoms with Crippen LogP contribution >= 0.6 is 0 Å². The molecule has 4 amide bonds. The predicted molar refractivity (Wildman–Crippen MR) is 216 cm³/mol. The third-order valence-corrected chi connectivity index (χ3v) is 12.0. The molecule has 5 heterocycles. The van der Waals surface area contributed by atoms with Crippen molar-refractivity contribution >= 4 is 47.3 Å². The maximum atomic E-state index is 13.4. The summed E-state index contributed by atoms with van der Waals surface area (Å²) < 4.78 is 5.70. The molecular formula is C41H52N10O7. The fourth-order valence-corrected chi connectivity index (χ4v) is 8.69. The number of allylic oxidation sites excluding steroid dienone is 1. The summed E-state index contributed by atoms with van der Waals surface area (Å²) in [5.41, 5.74) is 8.88. The van der Waals surface area contributed by atoms with E-state index in [4.69, 9.17) is 15.9 Å². The molecule has 3 fully saturated rings. The number of piperazine rings is 2. The molecule has 0 saturated carbocycles. The van der Waals surface area contributed by atoms with Gasteiger partial charge in [0.2, 0.25) is 5.91 Å². The molecule has 7 rings (SSSR count). The number of nitrogens with one attached hydrogen (secondary N) is 2. The van der Waals surface area contributed by atoms with Gasteiger partial charge in [-0.2, -0.15) is 0 Å². The number of nitrogens with two attached hydrogens (primary N) is 1. The number of amidine groups is 1. The number of nitrogens with zero attached hydrogens (tertiary/aromatic N) is 7. The van der Waals surface area contributed by atoms with Crippen LogP contribution < -0.4 is 16.0 Å². The van der Waals surface area contributed by atoms with Gasteiger partial charge in [-0.15, -0.1) is 0 Å². The van der Waals surface area contributed by atoms with Gasteiger partial charge < -0.3 is 45.8 Å². The van der Waals surface area contributed by atoms with Crippen LogP contribution in [-0.2, 0) is 14.3 Å². The molecule has 0 aromatic heterocycles. The van der Waals surface area contributed by atoms with Crippen molar-refractivity contribution in [3.63, 3.8) is 0 Å². The average Bonchev–Trinajstić information content (AvgIpc) is 3.49. The van der Waals surface area contributed by atoms with Crippen LogP contribution in [0.2, 0.25) is 0 Å². The summed E-state index contributed by atoms with van der Waals surface area (Å²) in [4.78, 5) is 79.5. The molecule has 0 radical (unpaired) electrons. The fraction of sp³-hybridized carbons (Fsp3) is 0.488. The second-order valence-electron chi connectivity index (χ2n) is 15.3. The van der Waals surface area contributed by atoms with Crippen molar-refractivity contribution in [2.24, 2.45) is 10.7 Å². The largest absolute Gasteiger partial charge is 0.507 e. The summed E-state index contributed by atoms with van der Waals surface area (Å²) >= 11 is 0. The molecule has 5 aliphatic heterocycles. The van der Waals surface area contributed by atoms with Gasteiger partial charge in [-0.1, -0.05) is 12.1 Å². The van der Waals surface area contributed by atoms with Gasteiger partial charge in [0.15, 0.2) is 0 Å². The van der Waals surface area contributed by atoms with Gasteiger partial charge in [0.25, 0.3) is 11.8 Å². The Morgan fingerprint density at radius 2 is 1.74 bits per heavy atom. The third-order valence-electron chi connectivity index (χ3n) is 12.0. The van der Waals surface area contributed by atoms with Gasteiger partial charge in [-0.05, 0) is 68.8 Å². The number of para-hydroxylation sites is 1. The lowest BCUT2D eigenvalue weighted by molar-refractivity contribution is -0.124. The first-order chi connectivity index (χ1) is 28.1. The molecule has 5 aliphatic rings. The molecule has 3 saturated heterocycles. The van der Waals surface area contributed by atoms with Crippen LogP contribution in [0.4, 0.5) is 10.5 Å². The van der Waals surface area contributed by atoms with Gasteiger partial charge in [0.05, 0.1) is 35.1 Å². The van der Waals surface area contributed by atoms with Gasteiger partial charge in [-0.25, -0.2) is 4.79 Å². The number of anilines is 1. The highest BCUT2D eigenvalue weighted by Crippen LogP contribution is 2.31. The number of aromatic hydroxyl groups is 1. The van der Waals surface area contributed by atoms with E-state index in [0.29, 0.717) is 69.6 Å². The summed E-state index contributed by atoms with van der Waals surface area (Å²) in [7, 11) is 1.42. The second kappa shape index (κ2) is 17.8. The average molecular weight is 797 g/mol. The molecule has 2 aromatic rings. The van der Waals surface area contributed by atoms with Crippen molar-refractivity contribution in [3.05, 3.63) is 70.9 Å². The van der Waals surface area contributed by atoms with Crippen LogP contribution in [0.5, 0.6) is 5.75 Å². The summed E-state index contributed by atoms with van der Waals surface area (Å²) in [6, 6.07) is 11.4. The van der Waals surface area contributed by atoms with Crippen molar-refractivity contribution in [1.82, 2.24) is 29.8 Å². The predicted octanol–water partition coefficient (Wildman–Crippen LogP) is 1.11. The summed E-state index contributed by atoms with van der Waals surface area (Å²) in [6.07, 6.45) is 4.14. The van der Waals surface area contributed by atoms with E-state index in [1.165, 1.54) is 7.05 Å². The van der Waals surface area contributed by atoms with Crippen LogP contribution in [0.15, 0.2) is 59.2 Å². The minimum Gasteiger partial charge on any atom is -0.507 e. The molecule has 58 heavy (non-hydrogen) atoms. The number of piperidine rings is 1. The molecule has 17 heteroatoms. The molecule has 5 N–H and O–H groups in total. The summed E-state index contributed by atoms with van der Waals surface area (Å²) in [5, 5.41) is 21.3. The minimum absolute atomic E-state index is 0.0366. The standard InChI is InChI=1S/C41H52N10O7/c1-44-38(54)34(6-4-21-52)51-39(55)30-9-8-28(23-32(30)40(51)56)47-14-16-48(17-15-47)41(57)58-22-20-46-12-10-27(11-13-46)49-18-19-50-29(26-49)25-45-37(43)35(50)24-33(42)31-5-2-3-7-36(31)53/h2-3,5,7-9,21,23-24,27,29,34,42,53H,4,6,10-20,22,25-26H2,1H3,(H2,43,45)(H,44,54)/b35-24+,42-33?. The molecule has 0 aliphatic carbocycles. The SMILES string of the molecule is CNC(=O)C(CCC=O)N1C(=O)c2ccc(N3CCN(C(=O)OCCN4CCC(N5CCN6/C(=C/C(=N)c7ccccc7O)C(N)=NCC6C5)CC4)CC3)cc2C1=O. The zero-order valence-corrected chi connectivity index (χ0v) is 32.8. The molecule has 2 aromatic carbocycles. The number of likely N-dealkylation sites (tertiary alicyclic amines) is 1. The number of aliphatic imine (C=N–C) groups is 1. The van der Waals surface area contributed by atoms with E-state index in [2.05, 4.69) is 25.0 Å². The van der Waals surface area contributed by atoms with Crippen LogP contribution in [0.1, 0.15) is 52.0 Å². The van der Waals surface area contributed by atoms with Crippen LogP contribution in [-0.4, -0.2) is 175 Å². The Labute approximate surface area is 337 Å². The number of imide groups is 1. The number of carbonyl (C=O) groups excluding carboxylic acids is 5. The van der Waals surface area contributed by atoms with Gasteiger partial charge in [0, 0.05) is 83.1 Å². The topological polar surface area (TPSA) is 209 Å². The number of carbonyl (C=O) groups is 5. The number of hydrogen-bond acceptors (Lipinski definition) is 14. The zero-order valence-electron chi connectivity index (χ0n) is 32.8. The number of phenols is 1. The fourth-order valence-electron chi connectivity index (χ4n) is 8.69. The lowest BCUT2D eigenvalue weighted by Gasteiger charge is -2.48. The normalized spacial score (nSPS) is 21.7. The Balaban J connectivity index is 0.832. The molecule has 0 bridgehead atoms. The van der Waals surface area contributed by atoms with E-state index in [9.17, 15) is 29.1 Å². The first kappa shape index (κ1) is 40.4. The van der Waals surface area contributed by atoms with Crippen LogP contribution in [0.25, 0.3) is 0 Å². The van der Waals surface area contributed by atoms with E-state index in [0.717, 1.165) is 61.8 Å². The van der Waals surface area contributed by atoms with Crippen molar-refractivity contribution in [1.29, 1.82) is 5.41 Å². The minimum atomic E-state index is -1.08. The highest BCUT2D eigenvalue weighted by molar-refractivity contribution is 6.23. The number of fused-ring (bicyclic) bond motifs is 2.